The zero-order valence-corrected chi connectivity index (χ0v) is 10.8. The molecule has 0 bridgehead atoms. The predicted molar refractivity (Wildman–Crippen MR) is 67.5 cm³/mol. The van der Waals surface area contributed by atoms with Gasteiger partial charge in [-0.2, -0.15) is 5.10 Å². The summed E-state index contributed by atoms with van der Waals surface area (Å²) in [7, 11) is 0. The van der Waals surface area contributed by atoms with Crippen molar-refractivity contribution in [3.8, 4) is 0 Å². The molecule has 2 aliphatic heterocycles. The monoisotopic (exact) mass is 277 g/mol. The summed E-state index contributed by atoms with van der Waals surface area (Å²) in [5, 5.41) is 11.5. The highest BCUT2D eigenvalue weighted by Crippen LogP contribution is 2.25. The molecule has 106 valence electrons. The van der Waals surface area contributed by atoms with E-state index in [9.17, 15) is 14.4 Å². The van der Waals surface area contributed by atoms with Gasteiger partial charge in [0.2, 0.25) is 5.91 Å². The molecule has 8 heteroatoms. The summed E-state index contributed by atoms with van der Waals surface area (Å²) in [6.45, 7) is 0.918. The fraction of sp³-hybridized carbons (Fsp3) is 0.500. The number of piperidine rings is 1. The molecule has 0 saturated carbocycles. The van der Waals surface area contributed by atoms with E-state index in [1.165, 1.54) is 0 Å². The Balaban J connectivity index is 1.60. The number of hydrogen-bond acceptors (Lipinski definition) is 4. The smallest absolute Gasteiger partial charge is 0.322 e. The van der Waals surface area contributed by atoms with Crippen molar-refractivity contribution < 1.29 is 14.4 Å². The third-order valence-electron chi connectivity index (χ3n) is 3.88. The Kier molecular flexibility index (Phi) is 2.92. The standard InChI is InChI=1S/C12H15N5O3/c18-9(7-8-1-4-13-16-8)17-5-2-12(3-6-17)10(19)14-11(20)15-12/h1,4H,2-3,5-7H2,(H,13,16)(H2,14,15,19,20). The summed E-state index contributed by atoms with van der Waals surface area (Å²) in [6, 6.07) is 1.31. The average molecular weight is 277 g/mol. The van der Waals surface area contributed by atoms with E-state index in [-0.39, 0.29) is 18.2 Å². The molecule has 3 N–H and O–H groups in total. The van der Waals surface area contributed by atoms with Gasteiger partial charge in [-0.05, 0) is 18.9 Å². The molecule has 1 spiro atoms. The molecule has 0 radical (unpaired) electrons. The van der Waals surface area contributed by atoms with E-state index in [1.807, 2.05) is 0 Å². The largest absolute Gasteiger partial charge is 0.342 e. The van der Waals surface area contributed by atoms with Gasteiger partial charge in [0.25, 0.3) is 5.91 Å². The number of carbonyl (C=O) groups excluding carboxylic acids is 3. The number of amides is 4. The molecule has 1 aromatic heterocycles. The number of rotatable bonds is 2. The van der Waals surface area contributed by atoms with Crippen LogP contribution in [0.15, 0.2) is 12.3 Å². The predicted octanol–water partition coefficient (Wildman–Crippen LogP) is -0.847. The summed E-state index contributed by atoms with van der Waals surface area (Å²) < 4.78 is 0. The van der Waals surface area contributed by atoms with Gasteiger partial charge in [-0.1, -0.05) is 0 Å². The van der Waals surface area contributed by atoms with E-state index in [0.717, 1.165) is 5.69 Å². The lowest BCUT2D eigenvalue weighted by Crippen LogP contribution is -2.55. The SMILES string of the molecule is O=C1NC(=O)C2(CCN(C(=O)Cc3ccn[nH]3)CC2)N1. The third-order valence-corrected chi connectivity index (χ3v) is 3.88. The fourth-order valence-electron chi connectivity index (χ4n) is 2.68. The quantitative estimate of drug-likeness (QED) is 0.612. The second-order valence-electron chi connectivity index (χ2n) is 5.13. The molecule has 20 heavy (non-hydrogen) atoms. The second kappa shape index (κ2) is 4.62. The third kappa shape index (κ3) is 2.13. The lowest BCUT2D eigenvalue weighted by atomic mass is 9.87. The zero-order chi connectivity index (χ0) is 14.2. The first-order chi connectivity index (χ1) is 9.59. The fourth-order valence-corrected chi connectivity index (χ4v) is 2.68. The number of nitrogens with one attached hydrogen (secondary N) is 3. The average Bonchev–Trinajstić information content (AvgIpc) is 3.00. The highest BCUT2D eigenvalue weighted by Gasteiger charge is 2.48. The van der Waals surface area contributed by atoms with Crippen molar-refractivity contribution in [2.24, 2.45) is 0 Å². The molecule has 0 atom stereocenters. The number of likely N-dealkylation sites (tertiary alicyclic amines) is 1. The number of carbonyl (C=O) groups is 3. The number of aromatic nitrogens is 2. The molecule has 2 saturated heterocycles. The number of hydrogen-bond donors (Lipinski definition) is 3. The molecular formula is C12H15N5O3. The maximum absolute atomic E-state index is 12.1. The Morgan fingerprint density at radius 1 is 1.35 bits per heavy atom. The number of urea groups is 1. The van der Waals surface area contributed by atoms with E-state index < -0.39 is 11.6 Å². The Bertz CT molecular complexity index is 545. The minimum atomic E-state index is -0.831. The number of aromatic amines is 1. The Hall–Kier alpha value is -2.38. The Morgan fingerprint density at radius 2 is 2.10 bits per heavy atom. The van der Waals surface area contributed by atoms with Crippen LogP contribution in [0.2, 0.25) is 0 Å². The van der Waals surface area contributed by atoms with Gasteiger partial charge in [0.1, 0.15) is 5.54 Å². The summed E-state index contributed by atoms with van der Waals surface area (Å²) in [6.07, 6.45) is 2.76. The van der Waals surface area contributed by atoms with Crippen LogP contribution >= 0.6 is 0 Å². The second-order valence-corrected chi connectivity index (χ2v) is 5.13. The Labute approximate surface area is 114 Å². The van der Waals surface area contributed by atoms with Crippen molar-refractivity contribution in [1.82, 2.24) is 25.7 Å². The van der Waals surface area contributed by atoms with Crippen LogP contribution < -0.4 is 10.6 Å². The minimum Gasteiger partial charge on any atom is -0.342 e. The maximum Gasteiger partial charge on any atom is 0.322 e. The highest BCUT2D eigenvalue weighted by atomic mass is 16.2. The highest BCUT2D eigenvalue weighted by molar-refractivity contribution is 6.07. The van der Waals surface area contributed by atoms with Gasteiger partial charge in [-0.3, -0.25) is 20.0 Å². The van der Waals surface area contributed by atoms with E-state index >= 15 is 0 Å². The first-order valence-electron chi connectivity index (χ1n) is 6.49. The van der Waals surface area contributed by atoms with Gasteiger partial charge < -0.3 is 10.2 Å². The van der Waals surface area contributed by atoms with Crippen molar-refractivity contribution in [3.63, 3.8) is 0 Å². The van der Waals surface area contributed by atoms with Gasteiger partial charge in [-0.25, -0.2) is 4.79 Å². The molecule has 8 nitrogen and oxygen atoms in total. The number of H-pyrrole nitrogens is 1. The molecule has 2 aliphatic rings. The van der Waals surface area contributed by atoms with E-state index in [0.29, 0.717) is 25.9 Å². The Morgan fingerprint density at radius 3 is 2.65 bits per heavy atom. The van der Waals surface area contributed by atoms with Crippen LogP contribution in [0.3, 0.4) is 0 Å². The molecule has 1 aromatic rings. The van der Waals surface area contributed by atoms with Crippen molar-refractivity contribution in [2.45, 2.75) is 24.8 Å². The molecule has 4 amide bonds. The van der Waals surface area contributed by atoms with E-state index in [2.05, 4.69) is 20.8 Å². The molecular weight excluding hydrogens is 262 g/mol. The van der Waals surface area contributed by atoms with Crippen molar-refractivity contribution >= 4 is 17.8 Å². The van der Waals surface area contributed by atoms with Crippen molar-refractivity contribution in [1.29, 1.82) is 0 Å². The molecule has 3 rings (SSSR count). The van der Waals surface area contributed by atoms with E-state index in [1.54, 1.807) is 17.2 Å². The van der Waals surface area contributed by atoms with Crippen LogP contribution in [0.5, 0.6) is 0 Å². The normalized spacial score (nSPS) is 20.9. The van der Waals surface area contributed by atoms with Crippen LogP contribution in [-0.4, -0.2) is 51.6 Å². The number of imide groups is 1. The maximum atomic E-state index is 12.1. The lowest BCUT2D eigenvalue weighted by molar-refractivity contribution is -0.135. The van der Waals surface area contributed by atoms with Gasteiger partial charge in [0.05, 0.1) is 6.42 Å². The molecule has 3 heterocycles. The van der Waals surface area contributed by atoms with Crippen molar-refractivity contribution in [3.05, 3.63) is 18.0 Å². The van der Waals surface area contributed by atoms with Gasteiger partial charge >= 0.3 is 6.03 Å². The lowest BCUT2D eigenvalue weighted by Gasteiger charge is -2.36. The summed E-state index contributed by atoms with van der Waals surface area (Å²) in [5.74, 6) is -0.294. The van der Waals surface area contributed by atoms with Crippen LogP contribution in [-0.2, 0) is 16.0 Å². The van der Waals surface area contributed by atoms with Gasteiger partial charge in [-0.15, -0.1) is 0 Å². The summed E-state index contributed by atoms with van der Waals surface area (Å²) >= 11 is 0. The number of nitrogens with zero attached hydrogens (tertiary/aromatic N) is 2. The molecule has 2 fully saturated rings. The zero-order valence-electron chi connectivity index (χ0n) is 10.8. The summed E-state index contributed by atoms with van der Waals surface area (Å²) in [4.78, 5) is 36.8. The van der Waals surface area contributed by atoms with Gasteiger partial charge in [0.15, 0.2) is 0 Å². The van der Waals surface area contributed by atoms with Crippen LogP contribution in [0.25, 0.3) is 0 Å². The van der Waals surface area contributed by atoms with Crippen molar-refractivity contribution in [2.75, 3.05) is 13.1 Å². The van der Waals surface area contributed by atoms with Crippen LogP contribution in [0, 0.1) is 0 Å². The molecule has 0 aromatic carbocycles. The first kappa shape index (κ1) is 12.6. The summed E-state index contributed by atoms with van der Waals surface area (Å²) in [5.41, 5.74) is -0.0656. The topological polar surface area (TPSA) is 107 Å². The van der Waals surface area contributed by atoms with Crippen LogP contribution in [0.4, 0.5) is 4.79 Å². The van der Waals surface area contributed by atoms with Gasteiger partial charge in [0, 0.05) is 25.0 Å². The molecule has 0 unspecified atom stereocenters. The minimum absolute atomic E-state index is 0.00571. The van der Waals surface area contributed by atoms with Crippen LogP contribution in [0.1, 0.15) is 18.5 Å². The first-order valence-corrected chi connectivity index (χ1v) is 6.49. The molecule has 0 aliphatic carbocycles. The van der Waals surface area contributed by atoms with E-state index in [4.69, 9.17) is 0 Å².